The molecular formula is C25H25NS2. The number of rotatable bonds is 5. The van der Waals surface area contributed by atoms with Crippen LogP contribution in [-0.2, 0) is 0 Å². The van der Waals surface area contributed by atoms with E-state index >= 15 is 0 Å². The van der Waals surface area contributed by atoms with Crippen molar-refractivity contribution in [2.45, 2.75) is 37.5 Å². The van der Waals surface area contributed by atoms with Gasteiger partial charge in [0.15, 0.2) is 0 Å². The van der Waals surface area contributed by atoms with E-state index in [9.17, 15) is 0 Å². The molecule has 3 aromatic carbocycles. The molecule has 0 fully saturated rings. The second kappa shape index (κ2) is 9.81. The monoisotopic (exact) mass is 403 g/mol. The Labute approximate surface area is 177 Å². The van der Waals surface area contributed by atoms with Crippen LogP contribution in [0, 0.1) is 20.8 Å². The van der Waals surface area contributed by atoms with Gasteiger partial charge in [-0.2, -0.15) is 0 Å². The van der Waals surface area contributed by atoms with Gasteiger partial charge in [-0.05, 0) is 75.1 Å². The Morgan fingerprint density at radius 3 is 1.68 bits per heavy atom. The number of hydrogen-bond acceptors (Lipinski definition) is 3. The summed E-state index contributed by atoms with van der Waals surface area (Å²) in [6.45, 7) is 8.45. The zero-order chi connectivity index (χ0) is 19.9. The highest BCUT2D eigenvalue weighted by Gasteiger charge is 2.07. The molecule has 3 heteroatoms. The minimum atomic E-state index is 0.980. The van der Waals surface area contributed by atoms with Crippen LogP contribution in [0.3, 0.4) is 0 Å². The summed E-state index contributed by atoms with van der Waals surface area (Å²) in [5.41, 5.74) is 5.93. The maximum Gasteiger partial charge on any atom is 0.105 e. The summed E-state index contributed by atoms with van der Waals surface area (Å²) < 4.78 is 0. The first kappa shape index (κ1) is 20.5. The Balaban J connectivity index is 1.87. The zero-order valence-electron chi connectivity index (χ0n) is 16.8. The number of thioether (sulfide) groups is 2. The summed E-state index contributed by atoms with van der Waals surface area (Å²) in [7, 11) is 0. The van der Waals surface area contributed by atoms with Crippen LogP contribution >= 0.6 is 23.5 Å². The molecule has 0 aromatic heterocycles. The first-order valence-corrected chi connectivity index (χ1v) is 11.0. The van der Waals surface area contributed by atoms with Crippen LogP contribution in [-0.4, -0.2) is 5.04 Å². The molecule has 142 valence electrons. The van der Waals surface area contributed by atoms with E-state index in [0.717, 1.165) is 16.3 Å². The van der Waals surface area contributed by atoms with Gasteiger partial charge in [0.25, 0.3) is 0 Å². The van der Waals surface area contributed by atoms with Gasteiger partial charge in [-0.25, -0.2) is 4.99 Å². The number of aliphatic imine (C=N–C) groups is 1. The van der Waals surface area contributed by atoms with Crippen molar-refractivity contribution in [1.82, 2.24) is 0 Å². The highest BCUT2D eigenvalue weighted by Crippen LogP contribution is 2.29. The van der Waals surface area contributed by atoms with Gasteiger partial charge in [-0.3, -0.25) is 0 Å². The first-order valence-electron chi connectivity index (χ1n) is 9.30. The SMILES string of the molecule is CC(=CSc1ccc(C)cc1)C(=Nc1ccc(C)cc1)Sc1ccc(C)cc1. The molecule has 0 unspecified atom stereocenters. The minimum Gasteiger partial charge on any atom is -0.241 e. The molecule has 0 saturated heterocycles. The largest absolute Gasteiger partial charge is 0.241 e. The molecule has 3 aromatic rings. The summed E-state index contributed by atoms with van der Waals surface area (Å²) in [5.74, 6) is 0. The standard InChI is InChI=1S/C25H25NS2/c1-18-5-11-22(12-6-18)26-25(28-24-15-9-20(3)10-16-24)21(4)17-27-23-13-7-19(2)8-14-23/h5-17H,1-4H3. The lowest BCUT2D eigenvalue weighted by atomic mass is 10.2. The third-order valence-corrected chi connectivity index (χ3v) is 6.36. The lowest BCUT2D eigenvalue weighted by Gasteiger charge is -2.08. The molecule has 0 spiro atoms. The summed E-state index contributed by atoms with van der Waals surface area (Å²) in [4.78, 5) is 7.38. The van der Waals surface area contributed by atoms with Gasteiger partial charge in [0.1, 0.15) is 5.04 Å². The molecule has 0 bridgehead atoms. The van der Waals surface area contributed by atoms with Crippen molar-refractivity contribution in [3.8, 4) is 0 Å². The van der Waals surface area contributed by atoms with Crippen LogP contribution in [0.2, 0.25) is 0 Å². The van der Waals surface area contributed by atoms with E-state index in [0.29, 0.717) is 0 Å². The molecule has 0 aliphatic carbocycles. The average molecular weight is 404 g/mol. The van der Waals surface area contributed by atoms with Crippen molar-refractivity contribution in [3.63, 3.8) is 0 Å². The van der Waals surface area contributed by atoms with E-state index in [2.05, 4.69) is 106 Å². The third kappa shape index (κ3) is 6.15. The predicted octanol–water partition coefficient (Wildman–Crippen LogP) is 8.13. The Morgan fingerprint density at radius 2 is 1.14 bits per heavy atom. The minimum absolute atomic E-state index is 0.980. The maximum absolute atomic E-state index is 4.94. The van der Waals surface area contributed by atoms with Gasteiger partial charge in [0.2, 0.25) is 0 Å². The molecule has 28 heavy (non-hydrogen) atoms. The molecule has 3 rings (SSSR count). The van der Waals surface area contributed by atoms with E-state index in [-0.39, 0.29) is 0 Å². The van der Waals surface area contributed by atoms with E-state index in [4.69, 9.17) is 4.99 Å². The van der Waals surface area contributed by atoms with Crippen molar-refractivity contribution in [2.24, 2.45) is 4.99 Å². The molecule has 0 amide bonds. The normalized spacial score (nSPS) is 12.3. The fourth-order valence-corrected chi connectivity index (χ4v) is 4.13. The van der Waals surface area contributed by atoms with E-state index in [1.807, 2.05) is 0 Å². The Hall–Kier alpha value is -2.23. The summed E-state index contributed by atoms with van der Waals surface area (Å²) in [6, 6.07) is 25.6. The Bertz CT molecular complexity index is 967. The van der Waals surface area contributed by atoms with Crippen molar-refractivity contribution in [1.29, 1.82) is 0 Å². The summed E-state index contributed by atoms with van der Waals surface area (Å²) in [5, 5.41) is 3.21. The van der Waals surface area contributed by atoms with Gasteiger partial charge in [-0.15, -0.1) is 0 Å². The molecule has 0 radical (unpaired) electrons. The number of hydrogen-bond donors (Lipinski definition) is 0. The Morgan fingerprint density at radius 1 is 0.679 bits per heavy atom. The van der Waals surface area contributed by atoms with Crippen LogP contribution in [0.5, 0.6) is 0 Å². The van der Waals surface area contributed by atoms with Crippen molar-refractivity contribution < 1.29 is 0 Å². The average Bonchev–Trinajstić information content (AvgIpc) is 2.70. The lowest BCUT2D eigenvalue weighted by molar-refractivity contribution is 1.38. The van der Waals surface area contributed by atoms with E-state index in [1.165, 1.54) is 26.5 Å². The van der Waals surface area contributed by atoms with Crippen molar-refractivity contribution in [3.05, 3.63) is 100 Å². The second-order valence-corrected chi connectivity index (χ2v) is 8.90. The molecule has 0 heterocycles. The first-order chi connectivity index (χ1) is 13.5. The van der Waals surface area contributed by atoms with Gasteiger partial charge < -0.3 is 0 Å². The number of benzene rings is 3. The Kier molecular flexibility index (Phi) is 7.18. The molecule has 1 nitrogen and oxygen atoms in total. The smallest absolute Gasteiger partial charge is 0.105 e. The summed E-state index contributed by atoms with van der Waals surface area (Å²) >= 11 is 3.45. The van der Waals surface area contributed by atoms with Crippen LogP contribution in [0.4, 0.5) is 5.69 Å². The maximum atomic E-state index is 4.94. The van der Waals surface area contributed by atoms with E-state index in [1.54, 1.807) is 23.5 Å². The third-order valence-electron chi connectivity index (χ3n) is 4.23. The van der Waals surface area contributed by atoms with Crippen LogP contribution < -0.4 is 0 Å². The molecular weight excluding hydrogens is 378 g/mol. The predicted molar refractivity (Wildman–Crippen MR) is 126 cm³/mol. The molecule has 0 saturated carbocycles. The highest BCUT2D eigenvalue weighted by atomic mass is 32.2. The number of nitrogens with zero attached hydrogens (tertiary/aromatic N) is 1. The quantitative estimate of drug-likeness (QED) is 0.242. The van der Waals surface area contributed by atoms with Crippen LogP contribution in [0.25, 0.3) is 0 Å². The topological polar surface area (TPSA) is 12.4 Å². The van der Waals surface area contributed by atoms with Crippen LogP contribution in [0.1, 0.15) is 23.6 Å². The molecule has 0 aliphatic heterocycles. The second-order valence-electron chi connectivity index (χ2n) is 6.90. The van der Waals surface area contributed by atoms with Gasteiger partial charge in [0, 0.05) is 9.79 Å². The lowest BCUT2D eigenvalue weighted by Crippen LogP contribution is -1.94. The molecule has 0 atom stereocenters. The van der Waals surface area contributed by atoms with Crippen molar-refractivity contribution in [2.75, 3.05) is 0 Å². The van der Waals surface area contributed by atoms with E-state index < -0.39 is 0 Å². The summed E-state index contributed by atoms with van der Waals surface area (Å²) in [6.07, 6.45) is 0. The van der Waals surface area contributed by atoms with Gasteiger partial charge in [-0.1, -0.05) is 76.6 Å². The van der Waals surface area contributed by atoms with Gasteiger partial charge in [0.05, 0.1) is 5.69 Å². The van der Waals surface area contributed by atoms with Crippen LogP contribution in [0.15, 0.2) is 98.6 Å². The number of aryl methyl sites for hydroxylation is 3. The van der Waals surface area contributed by atoms with Gasteiger partial charge >= 0.3 is 0 Å². The van der Waals surface area contributed by atoms with Crippen molar-refractivity contribution >= 4 is 34.3 Å². The fourth-order valence-electron chi connectivity index (χ4n) is 2.47. The molecule has 0 aliphatic rings. The molecule has 0 N–H and O–H groups in total. The zero-order valence-corrected chi connectivity index (χ0v) is 18.4. The fraction of sp³-hybridized carbons (Fsp3) is 0.160. The highest BCUT2D eigenvalue weighted by molar-refractivity contribution is 8.14.